The molecule has 3 rings (SSSR count). The second-order valence-corrected chi connectivity index (χ2v) is 5.23. The highest BCUT2D eigenvalue weighted by atomic mass is 32.1. The van der Waals surface area contributed by atoms with Gasteiger partial charge in [0.05, 0.1) is 0 Å². The van der Waals surface area contributed by atoms with E-state index < -0.39 is 16.9 Å². The maximum atomic E-state index is 11.8. The Kier molecular flexibility index (Phi) is 3.15. The van der Waals surface area contributed by atoms with Gasteiger partial charge >= 0.3 is 0 Å². The first-order valence-electron chi connectivity index (χ1n) is 5.98. The predicted octanol–water partition coefficient (Wildman–Crippen LogP) is 1.81. The molecule has 1 N–H and O–H groups in total. The van der Waals surface area contributed by atoms with E-state index in [0.717, 1.165) is 17.1 Å². The molecule has 1 aliphatic carbocycles. The van der Waals surface area contributed by atoms with Crippen LogP contribution in [0.2, 0.25) is 0 Å². The Hall–Kier alpha value is -2.35. The van der Waals surface area contributed by atoms with E-state index in [1.807, 2.05) is 30.3 Å². The van der Waals surface area contributed by atoms with E-state index in [1.165, 1.54) is 0 Å². The Morgan fingerprint density at radius 1 is 1.40 bits per heavy atom. The first-order chi connectivity index (χ1) is 9.65. The molecule has 1 aromatic carbocycles. The number of anilines is 1. The number of nitro groups is 1. The van der Waals surface area contributed by atoms with Crippen molar-refractivity contribution >= 4 is 22.6 Å². The van der Waals surface area contributed by atoms with Crippen LogP contribution in [0.4, 0.5) is 5.13 Å². The molecule has 1 saturated carbocycles. The summed E-state index contributed by atoms with van der Waals surface area (Å²) in [6.07, 6.45) is 0.295. The number of rotatable bonds is 4. The summed E-state index contributed by atoms with van der Waals surface area (Å²) in [6, 6.07) is 8.63. The molecule has 0 bridgehead atoms. The van der Waals surface area contributed by atoms with E-state index in [1.54, 1.807) is 0 Å². The second-order valence-electron chi connectivity index (χ2n) is 4.47. The average molecular weight is 290 g/mol. The molecule has 2 unspecified atom stereocenters. The number of carbonyl (C=O) groups excluding carboxylic acids is 1. The van der Waals surface area contributed by atoms with Gasteiger partial charge in [-0.05, 0) is 0 Å². The van der Waals surface area contributed by atoms with Crippen LogP contribution in [0.1, 0.15) is 6.42 Å². The van der Waals surface area contributed by atoms with Gasteiger partial charge in [0.1, 0.15) is 5.92 Å². The van der Waals surface area contributed by atoms with Crippen LogP contribution in [-0.2, 0) is 4.79 Å². The van der Waals surface area contributed by atoms with Crippen molar-refractivity contribution in [3.63, 3.8) is 0 Å². The van der Waals surface area contributed by atoms with Gasteiger partial charge in [-0.3, -0.25) is 14.9 Å². The first kappa shape index (κ1) is 12.7. The molecule has 1 aliphatic rings. The van der Waals surface area contributed by atoms with Gasteiger partial charge in [0.25, 0.3) is 0 Å². The Bertz CT molecular complexity index is 658. The Labute approximate surface area is 118 Å². The van der Waals surface area contributed by atoms with Crippen molar-refractivity contribution in [3.8, 4) is 11.4 Å². The third-order valence-corrected chi connectivity index (χ3v) is 3.68. The third-order valence-electron chi connectivity index (χ3n) is 3.05. The minimum absolute atomic E-state index is 0.295. The number of aromatic nitrogens is 2. The second kappa shape index (κ2) is 4.97. The molecule has 1 fully saturated rings. The van der Waals surface area contributed by atoms with Gasteiger partial charge in [-0.25, -0.2) is 0 Å². The van der Waals surface area contributed by atoms with Gasteiger partial charge < -0.3 is 5.32 Å². The molecule has 1 heterocycles. The quantitative estimate of drug-likeness (QED) is 0.684. The summed E-state index contributed by atoms with van der Waals surface area (Å²) >= 11 is 1.06. The normalized spacial score (nSPS) is 20.4. The molecular formula is C12H10N4O3S. The highest BCUT2D eigenvalue weighted by molar-refractivity contribution is 7.10. The lowest BCUT2D eigenvalue weighted by atomic mass is 10.2. The summed E-state index contributed by atoms with van der Waals surface area (Å²) in [4.78, 5) is 26.1. The predicted molar refractivity (Wildman–Crippen MR) is 72.9 cm³/mol. The summed E-state index contributed by atoms with van der Waals surface area (Å²) < 4.78 is 4.16. The van der Waals surface area contributed by atoms with Crippen LogP contribution >= 0.6 is 11.5 Å². The number of benzene rings is 1. The fourth-order valence-corrected chi connectivity index (χ4v) is 2.47. The zero-order valence-electron chi connectivity index (χ0n) is 10.2. The molecule has 102 valence electrons. The number of hydrogen-bond donors (Lipinski definition) is 1. The minimum Gasteiger partial charge on any atom is -0.300 e. The van der Waals surface area contributed by atoms with Crippen molar-refractivity contribution in [2.75, 3.05) is 5.32 Å². The van der Waals surface area contributed by atoms with Crippen LogP contribution < -0.4 is 5.32 Å². The van der Waals surface area contributed by atoms with Crippen LogP contribution in [0.15, 0.2) is 30.3 Å². The van der Waals surface area contributed by atoms with Crippen LogP contribution in [-0.4, -0.2) is 26.2 Å². The number of nitrogens with one attached hydrogen (secondary N) is 1. The van der Waals surface area contributed by atoms with Gasteiger partial charge in [-0.1, -0.05) is 30.3 Å². The average Bonchev–Trinajstić information content (AvgIpc) is 3.14. The van der Waals surface area contributed by atoms with Crippen LogP contribution in [0.5, 0.6) is 0 Å². The molecule has 7 nitrogen and oxygen atoms in total. The summed E-state index contributed by atoms with van der Waals surface area (Å²) in [5, 5.41) is 13.5. The largest absolute Gasteiger partial charge is 0.300 e. The van der Waals surface area contributed by atoms with Gasteiger partial charge in [0.2, 0.25) is 17.1 Å². The minimum atomic E-state index is -0.753. The van der Waals surface area contributed by atoms with E-state index in [-0.39, 0.29) is 5.91 Å². The molecule has 0 saturated heterocycles. The van der Waals surface area contributed by atoms with Gasteiger partial charge in [-0.2, -0.15) is 9.36 Å². The molecule has 1 aromatic heterocycles. The standard InChI is InChI=1S/C12H10N4O3S/c17-11(8-6-9(8)16(18)19)14-12-13-10(15-20-12)7-4-2-1-3-5-7/h1-5,8-9H,6H2,(H,13,14,15,17). The zero-order chi connectivity index (χ0) is 14.1. The maximum absolute atomic E-state index is 11.8. The summed E-state index contributed by atoms with van der Waals surface area (Å²) in [5.74, 6) is -0.371. The molecule has 0 spiro atoms. The maximum Gasteiger partial charge on any atom is 0.236 e. The Morgan fingerprint density at radius 2 is 2.15 bits per heavy atom. The van der Waals surface area contributed by atoms with Crippen molar-refractivity contribution in [1.29, 1.82) is 0 Å². The van der Waals surface area contributed by atoms with E-state index in [2.05, 4.69) is 14.7 Å². The molecule has 8 heteroatoms. The SMILES string of the molecule is O=C(Nc1nc(-c2ccccc2)ns1)C1CC1[N+](=O)[O-]. The molecule has 0 radical (unpaired) electrons. The fraction of sp³-hybridized carbons (Fsp3) is 0.250. The van der Waals surface area contributed by atoms with Crippen molar-refractivity contribution in [2.45, 2.75) is 12.5 Å². The van der Waals surface area contributed by atoms with Gasteiger partial charge in [0.15, 0.2) is 5.82 Å². The zero-order valence-corrected chi connectivity index (χ0v) is 11.0. The molecule has 2 aromatic rings. The molecule has 1 amide bonds. The lowest BCUT2D eigenvalue weighted by Gasteiger charge is -1.97. The Morgan fingerprint density at radius 3 is 2.80 bits per heavy atom. The monoisotopic (exact) mass is 290 g/mol. The fourth-order valence-electron chi connectivity index (χ4n) is 1.87. The smallest absolute Gasteiger partial charge is 0.236 e. The van der Waals surface area contributed by atoms with Crippen molar-refractivity contribution in [3.05, 3.63) is 40.4 Å². The van der Waals surface area contributed by atoms with E-state index in [0.29, 0.717) is 17.4 Å². The lowest BCUT2D eigenvalue weighted by molar-refractivity contribution is -0.497. The molecule has 20 heavy (non-hydrogen) atoms. The van der Waals surface area contributed by atoms with E-state index in [4.69, 9.17) is 0 Å². The van der Waals surface area contributed by atoms with E-state index >= 15 is 0 Å². The molecule has 2 atom stereocenters. The summed E-state index contributed by atoms with van der Waals surface area (Å²) in [5.41, 5.74) is 0.860. The van der Waals surface area contributed by atoms with Gasteiger partial charge in [-0.15, -0.1) is 0 Å². The van der Waals surface area contributed by atoms with E-state index in [9.17, 15) is 14.9 Å². The summed E-state index contributed by atoms with van der Waals surface area (Å²) in [7, 11) is 0. The van der Waals surface area contributed by atoms with Crippen LogP contribution in [0, 0.1) is 16.0 Å². The number of nitrogens with zero attached hydrogens (tertiary/aromatic N) is 3. The number of amides is 1. The molecular weight excluding hydrogens is 280 g/mol. The Balaban J connectivity index is 1.67. The topological polar surface area (TPSA) is 98.0 Å². The lowest BCUT2D eigenvalue weighted by Crippen LogP contribution is -2.18. The highest BCUT2D eigenvalue weighted by Crippen LogP contribution is 2.34. The summed E-state index contributed by atoms with van der Waals surface area (Å²) in [6.45, 7) is 0. The number of hydrogen-bond acceptors (Lipinski definition) is 6. The van der Waals surface area contributed by atoms with Crippen molar-refractivity contribution in [2.24, 2.45) is 5.92 Å². The van der Waals surface area contributed by atoms with Crippen molar-refractivity contribution in [1.82, 2.24) is 9.36 Å². The van der Waals surface area contributed by atoms with Crippen molar-refractivity contribution < 1.29 is 9.72 Å². The third kappa shape index (κ3) is 2.50. The first-order valence-corrected chi connectivity index (χ1v) is 6.76. The molecule has 0 aliphatic heterocycles. The number of carbonyl (C=O) groups is 1. The van der Waals surface area contributed by atoms with Crippen LogP contribution in [0.25, 0.3) is 11.4 Å². The van der Waals surface area contributed by atoms with Crippen LogP contribution in [0.3, 0.4) is 0 Å². The van der Waals surface area contributed by atoms with Gasteiger partial charge in [0, 0.05) is 28.4 Å². The highest BCUT2D eigenvalue weighted by Gasteiger charge is 2.53.